The minimum Gasteiger partial charge on any atom is -0.497 e. The number of benzene rings is 1. The molecule has 3 rings (SSSR count). The third kappa shape index (κ3) is 3.42. The Morgan fingerprint density at radius 3 is 3.04 bits per heavy atom. The predicted octanol–water partition coefficient (Wildman–Crippen LogP) is 2.48. The zero-order valence-corrected chi connectivity index (χ0v) is 13.4. The number of aromatic nitrogens is 4. The highest BCUT2D eigenvalue weighted by atomic mass is 32.2. The fraction of sp³-hybridized carbons (Fsp3) is 0.200. The van der Waals surface area contributed by atoms with E-state index >= 15 is 0 Å². The van der Waals surface area contributed by atoms with Gasteiger partial charge in [-0.15, -0.1) is 0 Å². The second-order valence-electron chi connectivity index (χ2n) is 4.76. The lowest BCUT2D eigenvalue weighted by molar-refractivity contribution is -0.115. The van der Waals surface area contributed by atoms with Crippen molar-refractivity contribution < 1.29 is 9.53 Å². The van der Waals surface area contributed by atoms with Crippen LogP contribution in [0.3, 0.4) is 0 Å². The number of carbonyl (C=O) groups is 1. The number of rotatable bonds is 5. The van der Waals surface area contributed by atoms with Crippen LogP contribution in [-0.4, -0.2) is 38.2 Å². The maximum atomic E-state index is 12.3. The van der Waals surface area contributed by atoms with Crippen LogP contribution in [0, 0.1) is 0 Å². The summed E-state index contributed by atoms with van der Waals surface area (Å²) in [5.74, 6) is 0.576. The van der Waals surface area contributed by atoms with Crippen molar-refractivity contribution in [2.24, 2.45) is 0 Å². The van der Waals surface area contributed by atoms with Crippen LogP contribution in [0.4, 0.5) is 5.69 Å². The smallest absolute Gasteiger partial charge is 0.237 e. The summed E-state index contributed by atoms with van der Waals surface area (Å²) in [5, 5.41) is 3.23. The summed E-state index contributed by atoms with van der Waals surface area (Å²) in [7, 11) is 1.59. The van der Waals surface area contributed by atoms with Crippen molar-refractivity contribution >= 4 is 34.5 Å². The lowest BCUT2D eigenvalue weighted by Crippen LogP contribution is -2.22. The zero-order chi connectivity index (χ0) is 16.2. The minimum atomic E-state index is -0.331. The Bertz CT molecular complexity index is 835. The van der Waals surface area contributed by atoms with E-state index in [-0.39, 0.29) is 11.2 Å². The van der Waals surface area contributed by atoms with Gasteiger partial charge in [0.2, 0.25) is 5.91 Å². The molecular formula is C15H15N5O2S. The van der Waals surface area contributed by atoms with E-state index < -0.39 is 0 Å². The number of ether oxygens (including phenoxy) is 1. The lowest BCUT2D eigenvalue weighted by Gasteiger charge is -2.12. The molecule has 7 nitrogen and oxygen atoms in total. The quantitative estimate of drug-likeness (QED) is 0.552. The van der Waals surface area contributed by atoms with Crippen LogP contribution in [0.15, 0.2) is 41.9 Å². The van der Waals surface area contributed by atoms with E-state index in [2.05, 4.69) is 25.3 Å². The fourth-order valence-corrected chi connectivity index (χ4v) is 2.87. The molecule has 0 saturated carbocycles. The molecule has 0 bridgehead atoms. The van der Waals surface area contributed by atoms with E-state index in [0.29, 0.717) is 22.1 Å². The summed E-state index contributed by atoms with van der Waals surface area (Å²) in [6.07, 6.45) is 3.00. The van der Waals surface area contributed by atoms with Gasteiger partial charge in [-0.1, -0.05) is 17.8 Å². The minimum absolute atomic E-state index is 0.116. The van der Waals surface area contributed by atoms with Gasteiger partial charge in [-0.05, 0) is 19.1 Å². The van der Waals surface area contributed by atoms with Crippen molar-refractivity contribution in [1.82, 2.24) is 19.9 Å². The molecule has 0 spiro atoms. The molecule has 23 heavy (non-hydrogen) atoms. The molecule has 1 aromatic carbocycles. The standard InChI is InChI=1S/C15H15N5O2S/c1-9(14(21)20-10-4-3-5-11(6-10)22-2)23-15-12-13(17-7-16-12)18-8-19-15/h3-9H,1-2H3,(H,20,21)(H,16,17,18,19)/t9-/m1/s1. The number of fused-ring (bicyclic) bond motifs is 1. The van der Waals surface area contributed by atoms with E-state index in [4.69, 9.17) is 4.74 Å². The maximum absolute atomic E-state index is 12.3. The number of H-pyrrole nitrogens is 1. The fourth-order valence-electron chi connectivity index (χ4n) is 2.00. The number of nitrogens with zero attached hydrogens (tertiary/aromatic N) is 3. The van der Waals surface area contributed by atoms with E-state index in [1.54, 1.807) is 19.5 Å². The average Bonchev–Trinajstić information content (AvgIpc) is 3.04. The molecule has 0 aliphatic carbocycles. The Morgan fingerprint density at radius 2 is 2.22 bits per heavy atom. The van der Waals surface area contributed by atoms with E-state index in [0.717, 1.165) is 5.52 Å². The molecule has 1 atom stereocenters. The number of methoxy groups -OCH3 is 1. The summed E-state index contributed by atoms with van der Waals surface area (Å²) in [4.78, 5) is 27.7. The van der Waals surface area contributed by atoms with E-state index in [9.17, 15) is 4.79 Å². The number of anilines is 1. The van der Waals surface area contributed by atoms with Crippen LogP contribution >= 0.6 is 11.8 Å². The van der Waals surface area contributed by atoms with Crippen LogP contribution in [0.25, 0.3) is 11.2 Å². The topological polar surface area (TPSA) is 92.8 Å². The highest BCUT2D eigenvalue weighted by molar-refractivity contribution is 8.00. The van der Waals surface area contributed by atoms with E-state index in [1.165, 1.54) is 18.1 Å². The van der Waals surface area contributed by atoms with Crippen LogP contribution < -0.4 is 10.1 Å². The van der Waals surface area contributed by atoms with Crippen molar-refractivity contribution in [3.63, 3.8) is 0 Å². The van der Waals surface area contributed by atoms with Gasteiger partial charge in [-0.2, -0.15) is 0 Å². The van der Waals surface area contributed by atoms with Gasteiger partial charge < -0.3 is 15.0 Å². The largest absolute Gasteiger partial charge is 0.497 e. The normalized spacial score (nSPS) is 12.1. The maximum Gasteiger partial charge on any atom is 0.237 e. The molecule has 3 aromatic rings. The monoisotopic (exact) mass is 329 g/mol. The average molecular weight is 329 g/mol. The second kappa shape index (κ2) is 6.66. The van der Waals surface area contributed by atoms with Crippen molar-refractivity contribution in [3.05, 3.63) is 36.9 Å². The Hall–Kier alpha value is -2.61. The van der Waals surface area contributed by atoms with Gasteiger partial charge in [0.25, 0.3) is 0 Å². The zero-order valence-electron chi connectivity index (χ0n) is 12.6. The molecule has 8 heteroatoms. The molecule has 0 saturated heterocycles. The van der Waals surface area contributed by atoms with Crippen LogP contribution in [0.5, 0.6) is 5.75 Å². The first-order valence-electron chi connectivity index (χ1n) is 6.93. The predicted molar refractivity (Wildman–Crippen MR) is 88.6 cm³/mol. The number of imidazole rings is 1. The van der Waals surface area contributed by atoms with Gasteiger partial charge in [0.05, 0.1) is 18.7 Å². The van der Waals surface area contributed by atoms with Gasteiger partial charge >= 0.3 is 0 Å². The Balaban J connectivity index is 1.71. The summed E-state index contributed by atoms with van der Waals surface area (Å²) < 4.78 is 5.15. The SMILES string of the molecule is COc1cccc(NC(=O)[C@@H](C)Sc2ncnc3nc[nH]c23)c1. The Labute approximate surface area is 136 Å². The highest BCUT2D eigenvalue weighted by Gasteiger charge is 2.18. The number of hydrogen-bond acceptors (Lipinski definition) is 6. The second-order valence-corrected chi connectivity index (χ2v) is 6.09. The van der Waals surface area contributed by atoms with Crippen LogP contribution in [0.2, 0.25) is 0 Å². The molecule has 2 aromatic heterocycles. The molecular weight excluding hydrogens is 314 g/mol. The summed E-state index contributed by atoms with van der Waals surface area (Å²) in [6.45, 7) is 1.82. The van der Waals surface area contributed by atoms with Gasteiger partial charge in [0.1, 0.15) is 22.6 Å². The molecule has 2 N–H and O–H groups in total. The molecule has 0 fully saturated rings. The molecule has 118 valence electrons. The third-order valence-corrected chi connectivity index (χ3v) is 4.28. The van der Waals surface area contributed by atoms with Crippen molar-refractivity contribution in [3.8, 4) is 5.75 Å². The number of thioether (sulfide) groups is 1. The molecule has 0 aliphatic rings. The van der Waals surface area contributed by atoms with Crippen molar-refractivity contribution in [2.45, 2.75) is 17.2 Å². The molecule has 0 unspecified atom stereocenters. The van der Waals surface area contributed by atoms with Gasteiger partial charge in [-0.25, -0.2) is 15.0 Å². The first-order chi connectivity index (χ1) is 11.2. The molecule has 0 radical (unpaired) electrons. The lowest BCUT2D eigenvalue weighted by atomic mass is 10.3. The molecule has 0 aliphatic heterocycles. The first kappa shape index (κ1) is 15.3. The first-order valence-corrected chi connectivity index (χ1v) is 7.81. The van der Waals surface area contributed by atoms with Gasteiger partial charge in [0.15, 0.2) is 5.65 Å². The number of amides is 1. The molecule has 2 heterocycles. The van der Waals surface area contributed by atoms with Gasteiger partial charge in [0, 0.05) is 11.8 Å². The Morgan fingerprint density at radius 1 is 1.35 bits per heavy atom. The Kier molecular flexibility index (Phi) is 4.42. The summed E-state index contributed by atoms with van der Waals surface area (Å²) >= 11 is 1.35. The third-order valence-electron chi connectivity index (χ3n) is 3.18. The van der Waals surface area contributed by atoms with Gasteiger partial charge in [-0.3, -0.25) is 4.79 Å². The number of hydrogen-bond donors (Lipinski definition) is 2. The number of carbonyl (C=O) groups excluding carboxylic acids is 1. The molecule has 1 amide bonds. The van der Waals surface area contributed by atoms with Crippen molar-refractivity contribution in [2.75, 3.05) is 12.4 Å². The summed E-state index contributed by atoms with van der Waals surface area (Å²) in [5.41, 5.74) is 2.01. The highest BCUT2D eigenvalue weighted by Crippen LogP contribution is 2.27. The van der Waals surface area contributed by atoms with E-state index in [1.807, 2.05) is 25.1 Å². The number of nitrogens with one attached hydrogen (secondary N) is 2. The summed E-state index contributed by atoms with van der Waals surface area (Å²) in [6, 6.07) is 7.23. The van der Waals surface area contributed by atoms with Crippen molar-refractivity contribution in [1.29, 1.82) is 0 Å². The number of aromatic amines is 1. The van der Waals surface area contributed by atoms with Crippen LogP contribution in [0.1, 0.15) is 6.92 Å². The van der Waals surface area contributed by atoms with Crippen LogP contribution in [-0.2, 0) is 4.79 Å².